The van der Waals surface area contributed by atoms with Gasteiger partial charge in [-0.25, -0.2) is 0 Å². The van der Waals surface area contributed by atoms with Crippen molar-refractivity contribution in [1.82, 2.24) is 19.8 Å². The molecule has 0 atom stereocenters. The first-order chi connectivity index (χ1) is 9.06. The van der Waals surface area contributed by atoms with Crippen molar-refractivity contribution < 1.29 is 14.5 Å². The second kappa shape index (κ2) is 5.46. The highest BCUT2D eigenvalue weighted by atomic mass is 16.6. The van der Waals surface area contributed by atoms with Gasteiger partial charge in [-0.3, -0.25) is 9.59 Å². The number of amides is 2. The molecule has 0 saturated carbocycles. The van der Waals surface area contributed by atoms with Crippen LogP contribution < -0.4 is 5.32 Å². The van der Waals surface area contributed by atoms with Crippen LogP contribution in [-0.4, -0.2) is 50.8 Å². The van der Waals surface area contributed by atoms with E-state index < -0.39 is 4.92 Å². The summed E-state index contributed by atoms with van der Waals surface area (Å²) < 4.78 is 1.49. The largest absolute Gasteiger partial charge is 0.381 e. The Morgan fingerprint density at radius 3 is 3.00 bits per heavy atom. The standard InChI is InChI=1S/C10H13N5O4/c16-9-6-14(4-2-11-9)10(17)1-3-13-5-8(12-7-13)15(18)19/h5,7H,1-4,6H2,(H,11,16). The third-order valence-corrected chi connectivity index (χ3v) is 2.78. The van der Waals surface area contributed by atoms with Crippen molar-refractivity contribution in [3.8, 4) is 0 Å². The van der Waals surface area contributed by atoms with Crippen LogP contribution in [0.3, 0.4) is 0 Å². The highest BCUT2D eigenvalue weighted by Crippen LogP contribution is 2.07. The summed E-state index contributed by atoms with van der Waals surface area (Å²) in [6.07, 6.45) is 2.77. The molecule has 0 radical (unpaired) electrons. The maximum absolute atomic E-state index is 11.8. The monoisotopic (exact) mass is 267 g/mol. The Hall–Kier alpha value is -2.45. The van der Waals surface area contributed by atoms with Crippen LogP contribution in [0.25, 0.3) is 0 Å². The maximum atomic E-state index is 11.8. The van der Waals surface area contributed by atoms with Crippen LogP contribution in [0.1, 0.15) is 6.42 Å². The zero-order chi connectivity index (χ0) is 13.8. The number of imidazole rings is 1. The molecule has 0 aliphatic carbocycles. The van der Waals surface area contributed by atoms with Gasteiger partial charge in [0.25, 0.3) is 0 Å². The van der Waals surface area contributed by atoms with Crippen LogP contribution in [0.4, 0.5) is 5.82 Å². The topological polar surface area (TPSA) is 110 Å². The Balaban J connectivity index is 1.85. The minimum Gasteiger partial charge on any atom is -0.358 e. The molecular weight excluding hydrogens is 254 g/mol. The smallest absolute Gasteiger partial charge is 0.358 e. The Labute approximate surface area is 108 Å². The summed E-state index contributed by atoms with van der Waals surface area (Å²) in [6.45, 7) is 1.33. The molecule has 0 aromatic carbocycles. The van der Waals surface area contributed by atoms with E-state index in [0.29, 0.717) is 19.6 Å². The highest BCUT2D eigenvalue weighted by Gasteiger charge is 2.21. The van der Waals surface area contributed by atoms with E-state index in [1.54, 1.807) is 0 Å². The number of piperazine rings is 1. The van der Waals surface area contributed by atoms with E-state index in [9.17, 15) is 19.7 Å². The summed E-state index contributed by atoms with van der Waals surface area (Å²) in [5.41, 5.74) is 0. The van der Waals surface area contributed by atoms with Crippen LogP contribution in [0.5, 0.6) is 0 Å². The summed E-state index contributed by atoms with van der Waals surface area (Å²) in [7, 11) is 0. The lowest BCUT2D eigenvalue weighted by Crippen LogP contribution is -2.50. The molecular formula is C10H13N5O4. The van der Waals surface area contributed by atoms with E-state index in [0.717, 1.165) is 0 Å². The molecule has 0 unspecified atom stereocenters. The summed E-state index contributed by atoms with van der Waals surface area (Å²) in [4.78, 5) is 37.9. The number of nitrogens with one attached hydrogen (secondary N) is 1. The molecule has 1 saturated heterocycles. The predicted molar refractivity (Wildman–Crippen MR) is 63.1 cm³/mol. The van der Waals surface area contributed by atoms with Crippen molar-refractivity contribution in [3.05, 3.63) is 22.6 Å². The van der Waals surface area contributed by atoms with Crippen molar-refractivity contribution in [1.29, 1.82) is 0 Å². The van der Waals surface area contributed by atoms with Gasteiger partial charge in [-0.2, -0.15) is 0 Å². The normalized spacial score (nSPS) is 15.2. The Morgan fingerprint density at radius 1 is 1.58 bits per heavy atom. The fourth-order valence-corrected chi connectivity index (χ4v) is 1.80. The summed E-state index contributed by atoms with van der Waals surface area (Å²) in [5.74, 6) is -0.561. The molecule has 1 aliphatic heterocycles. The van der Waals surface area contributed by atoms with Gasteiger partial charge in [-0.05, 0) is 9.91 Å². The number of carbonyl (C=O) groups is 2. The number of aryl methyl sites for hydroxylation is 1. The van der Waals surface area contributed by atoms with Crippen molar-refractivity contribution >= 4 is 17.6 Å². The molecule has 19 heavy (non-hydrogen) atoms. The van der Waals surface area contributed by atoms with Crippen molar-refractivity contribution in [2.45, 2.75) is 13.0 Å². The SMILES string of the molecule is O=C1CN(C(=O)CCn2cnc([N+](=O)[O-])c2)CCN1. The molecule has 0 bridgehead atoms. The first kappa shape index (κ1) is 13.0. The number of nitrogens with zero attached hydrogens (tertiary/aromatic N) is 4. The molecule has 2 amide bonds. The maximum Gasteiger partial charge on any atom is 0.381 e. The van der Waals surface area contributed by atoms with Crippen molar-refractivity contribution in [3.63, 3.8) is 0 Å². The molecule has 1 aromatic heterocycles. The second-order valence-corrected chi connectivity index (χ2v) is 4.14. The van der Waals surface area contributed by atoms with Crippen LogP contribution in [0.15, 0.2) is 12.5 Å². The first-order valence-electron chi connectivity index (χ1n) is 5.77. The number of carbonyl (C=O) groups excluding carboxylic acids is 2. The lowest BCUT2D eigenvalue weighted by Gasteiger charge is -2.26. The van der Waals surface area contributed by atoms with Gasteiger partial charge in [0.1, 0.15) is 6.20 Å². The lowest BCUT2D eigenvalue weighted by molar-refractivity contribution is -0.389. The third kappa shape index (κ3) is 3.27. The minimum absolute atomic E-state index is 0.0723. The molecule has 1 aromatic rings. The Kier molecular flexibility index (Phi) is 3.74. The third-order valence-electron chi connectivity index (χ3n) is 2.78. The molecule has 102 valence electrons. The van der Waals surface area contributed by atoms with Gasteiger partial charge in [-0.1, -0.05) is 0 Å². The van der Waals surface area contributed by atoms with Gasteiger partial charge < -0.3 is 24.9 Å². The molecule has 1 aliphatic rings. The number of hydrogen-bond donors (Lipinski definition) is 1. The Morgan fingerprint density at radius 2 is 2.37 bits per heavy atom. The number of rotatable bonds is 4. The first-order valence-corrected chi connectivity index (χ1v) is 5.77. The fraction of sp³-hybridized carbons (Fsp3) is 0.500. The molecule has 9 heteroatoms. The molecule has 1 N–H and O–H groups in total. The van der Waals surface area contributed by atoms with E-state index in [1.807, 2.05) is 0 Å². The van der Waals surface area contributed by atoms with Gasteiger partial charge >= 0.3 is 5.82 Å². The van der Waals surface area contributed by atoms with Gasteiger partial charge in [0.05, 0.1) is 6.54 Å². The van der Waals surface area contributed by atoms with E-state index in [-0.39, 0.29) is 30.6 Å². The average molecular weight is 267 g/mol. The van der Waals surface area contributed by atoms with E-state index >= 15 is 0 Å². The lowest BCUT2D eigenvalue weighted by atomic mass is 10.3. The summed E-state index contributed by atoms with van der Waals surface area (Å²) >= 11 is 0. The second-order valence-electron chi connectivity index (χ2n) is 4.14. The molecule has 0 spiro atoms. The van der Waals surface area contributed by atoms with Crippen LogP contribution in [0.2, 0.25) is 0 Å². The fourth-order valence-electron chi connectivity index (χ4n) is 1.80. The van der Waals surface area contributed by atoms with Gasteiger partial charge in [-0.15, -0.1) is 0 Å². The zero-order valence-electron chi connectivity index (χ0n) is 10.1. The summed E-state index contributed by atoms with van der Waals surface area (Å²) in [5, 5.41) is 13.1. The molecule has 2 heterocycles. The van der Waals surface area contributed by atoms with Crippen LogP contribution in [-0.2, 0) is 16.1 Å². The number of aromatic nitrogens is 2. The molecule has 2 rings (SSSR count). The zero-order valence-corrected chi connectivity index (χ0v) is 10.1. The van der Waals surface area contributed by atoms with Crippen molar-refractivity contribution in [2.75, 3.05) is 19.6 Å². The summed E-state index contributed by atoms with van der Waals surface area (Å²) in [6, 6.07) is 0. The number of hydrogen-bond acceptors (Lipinski definition) is 5. The van der Waals surface area contributed by atoms with Crippen LogP contribution >= 0.6 is 0 Å². The van der Waals surface area contributed by atoms with Crippen molar-refractivity contribution in [2.24, 2.45) is 0 Å². The van der Waals surface area contributed by atoms with E-state index in [1.165, 1.54) is 22.0 Å². The minimum atomic E-state index is -0.590. The number of nitro groups is 1. The molecule has 1 fully saturated rings. The predicted octanol–water partition coefficient (Wildman–Crippen LogP) is -0.860. The Bertz CT molecular complexity index is 512. The average Bonchev–Trinajstić information content (AvgIpc) is 2.85. The van der Waals surface area contributed by atoms with Crippen LogP contribution in [0, 0.1) is 10.1 Å². The van der Waals surface area contributed by atoms with E-state index in [4.69, 9.17) is 0 Å². The highest BCUT2D eigenvalue weighted by molar-refractivity contribution is 5.85. The van der Waals surface area contributed by atoms with Gasteiger partial charge in [0, 0.05) is 26.1 Å². The van der Waals surface area contributed by atoms with Gasteiger partial charge in [0.15, 0.2) is 0 Å². The van der Waals surface area contributed by atoms with Gasteiger partial charge in [0.2, 0.25) is 18.1 Å². The quantitative estimate of drug-likeness (QED) is 0.563. The van der Waals surface area contributed by atoms with E-state index in [2.05, 4.69) is 10.3 Å². The molecule has 9 nitrogen and oxygen atoms in total.